The second-order valence-corrected chi connectivity index (χ2v) is 6.67. The first kappa shape index (κ1) is 25.3. The average Bonchev–Trinajstić information content (AvgIpc) is 2.82. The molecule has 1 N–H and O–H groups in total. The van der Waals surface area contributed by atoms with Crippen molar-refractivity contribution in [2.75, 3.05) is 5.06 Å². The molecule has 1 aromatic heterocycles. The van der Waals surface area contributed by atoms with Gasteiger partial charge < -0.3 is 4.84 Å². The Morgan fingerprint density at radius 2 is 1.34 bits per heavy atom. The van der Waals surface area contributed by atoms with Gasteiger partial charge in [-0.25, -0.2) is 9.89 Å². The number of carbonyl (C=O) groups excluding carboxylic acids is 2. The Hall–Kier alpha value is -4.30. The van der Waals surface area contributed by atoms with E-state index in [2.05, 4.69) is 10.1 Å². The van der Waals surface area contributed by atoms with Gasteiger partial charge in [-0.05, 0) is 24.3 Å². The van der Waals surface area contributed by atoms with E-state index in [1.807, 2.05) is 0 Å². The molecule has 35 heavy (non-hydrogen) atoms. The summed E-state index contributed by atoms with van der Waals surface area (Å²) < 4.78 is 92.9. The number of alkyl halides is 7. The van der Waals surface area contributed by atoms with Crippen molar-refractivity contribution in [3.8, 4) is 0 Å². The Morgan fingerprint density at radius 3 is 1.86 bits per heavy atom. The molecule has 0 fully saturated rings. The van der Waals surface area contributed by atoms with Gasteiger partial charge in [0.15, 0.2) is 0 Å². The highest BCUT2D eigenvalue weighted by molar-refractivity contribution is 6.06. The van der Waals surface area contributed by atoms with E-state index >= 15 is 0 Å². The van der Waals surface area contributed by atoms with Crippen molar-refractivity contribution in [1.82, 2.24) is 15.2 Å². The molecule has 0 spiro atoms. The standard InChI is InChI=1S/C20H11F7N4O4/c21-18(22,19(23,24)20(25,26)27)17-28-13(14(32)29-30-17)31(15(33)11-7-3-1-4-8-11)35-16(34)12-9-5-2-6-10-12/h1-10H,(H,29,32). The highest BCUT2D eigenvalue weighted by Crippen LogP contribution is 2.50. The smallest absolute Gasteiger partial charge is 0.326 e. The number of H-pyrrole nitrogens is 1. The second-order valence-electron chi connectivity index (χ2n) is 6.67. The highest BCUT2D eigenvalue weighted by Gasteiger charge is 2.75. The molecule has 3 rings (SSSR count). The lowest BCUT2D eigenvalue weighted by molar-refractivity contribution is -0.361. The molecule has 0 aliphatic heterocycles. The van der Waals surface area contributed by atoms with E-state index in [0.717, 1.165) is 12.1 Å². The number of amides is 1. The summed E-state index contributed by atoms with van der Waals surface area (Å²) in [5.41, 5.74) is -2.11. The van der Waals surface area contributed by atoms with E-state index in [9.17, 15) is 45.1 Å². The first-order valence-electron chi connectivity index (χ1n) is 9.23. The lowest BCUT2D eigenvalue weighted by Crippen LogP contribution is -2.51. The fraction of sp³-hybridized carbons (Fsp3) is 0.150. The molecule has 0 bridgehead atoms. The fourth-order valence-electron chi connectivity index (χ4n) is 2.52. The van der Waals surface area contributed by atoms with Gasteiger partial charge in [-0.3, -0.25) is 9.59 Å². The van der Waals surface area contributed by atoms with Crippen LogP contribution in [-0.4, -0.2) is 39.2 Å². The van der Waals surface area contributed by atoms with E-state index in [0.29, 0.717) is 0 Å². The second kappa shape index (κ2) is 9.15. The Morgan fingerprint density at radius 1 is 0.829 bits per heavy atom. The SMILES string of the molecule is O=C(ON(C(=O)c1ccccc1)c1nc(C(F)(F)C(F)(F)C(F)(F)F)n[nH]c1=O)c1ccccc1. The molecule has 15 heteroatoms. The molecule has 2 aromatic carbocycles. The third-order valence-corrected chi connectivity index (χ3v) is 4.29. The predicted octanol–water partition coefficient (Wildman–Crippen LogP) is 3.87. The normalized spacial score (nSPS) is 12.2. The van der Waals surface area contributed by atoms with Crippen LogP contribution in [0.4, 0.5) is 36.6 Å². The summed E-state index contributed by atoms with van der Waals surface area (Å²) in [4.78, 5) is 45.2. The van der Waals surface area contributed by atoms with Crippen molar-refractivity contribution in [2.24, 2.45) is 0 Å². The van der Waals surface area contributed by atoms with Crippen LogP contribution < -0.4 is 10.6 Å². The maximum absolute atomic E-state index is 14.1. The summed E-state index contributed by atoms with van der Waals surface area (Å²) in [5, 5.41) is 3.54. The molecule has 184 valence electrons. The van der Waals surface area contributed by atoms with E-state index in [1.54, 1.807) is 0 Å². The summed E-state index contributed by atoms with van der Waals surface area (Å²) in [6.45, 7) is 0. The number of benzene rings is 2. The summed E-state index contributed by atoms with van der Waals surface area (Å²) >= 11 is 0. The van der Waals surface area contributed by atoms with Crippen LogP contribution in [0.2, 0.25) is 0 Å². The minimum Gasteiger partial charge on any atom is -0.326 e. The van der Waals surface area contributed by atoms with E-state index in [4.69, 9.17) is 4.84 Å². The third kappa shape index (κ3) is 4.83. The van der Waals surface area contributed by atoms with Crippen molar-refractivity contribution in [2.45, 2.75) is 18.0 Å². The molecule has 0 aliphatic carbocycles. The molecule has 1 heterocycles. The number of anilines is 1. The van der Waals surface area contributed by atoms with Crippen LogP contribution in [0.3, 0.4) is 0 Å². The van der Waals surface area contributed by atoms with Crippen LogP contribution in [0.5, 0.6) is 0 Å². The maximum atomic E-state index is 14.1. The molecular formula is C20H11F7N4O4. The number of aromatic amines is 1. The van der Waals surface area contributed by atoms with Gasteiger partial charge in [0.2, 0.25) is 11.6 Å². The summed E-state index contributed by atoms with van der Waals surface area (Å²) in [6, 6.07) is 13.1. The minimum atomic E-state index is -6.73. The van der Waals surface area contributed by atoms with Gasteiger partial charge in [0.1, 0.15) is 0 Å². The predicted molar refractivity (Wildman–Crippen MR) is 103 cm³/mol. The van der Waals surface area contributed by atoms with Gasteiger partial charge in [-0.2, -0.15) is 40.8 Å². The first-order valence-corrected chi connectivity index (χ1v) is 9.23. The molecule has 8 nitrogen and oxygen atoms in total. The maximum Gasteiger partial charge on any atom is 0.460 e. The van der Waals surface area contributed by atoms with Gasteiger partial charge in [0.25, 0.3) is 5.91 Å². The van der Waals surface area contributed by atoms with Crippen LogP contribution in [0.1, 0.15) is 26.5 Å². The molecule has 0 saturated carbocycles. The molecule has 3 aromatic rings. The number of carbonyl (C=O) groups is 2. The molecule has 0 unspecified atom stereocenters. The van der Waals surface area contributed by atoms with Crippen molar-refractivity contribution in [3.05, 3.63) is 88.0 Å². The number of nitrogens with one attached hydrogen (secondary N) is 1. The zero-order valence-electron chi connectivity index (χ0n) is 16.9. The van der Waals surface area contributed by atoms with Crippen molar-refractivity contribution < 1.29 is 45.2 Å². The largest absolute Gasteiger partial charge is 0.460 e. The van der Waals surface area contributed by atoms with Gasteiger partial charge in [0, 0.05) is 5.56 Å². The quantitative estimate of drug-likeness (QED) is 0.418. The zero-order valence-corrected chi connectivity index (χ0v) is 16.9. The van der Waals surface area contributed by atoms with E-state index in [1.165, 1.54) is 53.6 Å². The molecule has 0 aliphatic rings. The minimum absolute atomic E-state index is 0.196. The van der Waals surface area contributed by atoms with Crippen molar-refractivity contribution >= 4 is 17.7 Å². The molecule has 0 saturated heterocycles. The first-order chi connectivity index (χ1) is 16.3. The Bertz CT molecular complexity index is 1280. The van der Waals surface area contributed by atoms with Gasteiger partial charge in [-0.15, -0.1) is 5.06 Å². The number of rotatable bonds is 5. The van der Waals surface area contributed by atoms with Gasteiger partial charge in [-0.1, -0.05) is 36.4 Å². The van der Waals surface area contributed by atoms with Gasteiger partial charge in [0.05, 0.1) is 5.56 Å². The van der Waals surface area contributed by atoms with Crippen LogP contribution in [-0.2, 0) is 10.8 Å². The number of aromatic nitrogens is 3. The summed E-state index contributed by atoms with van der Waals surface area (Å²) in [6.07, 6.45) is -6.73. The zero-order chi connectivity index (χ0) is 26.0. The number of hydrogen-bond donors (Lipinski definition) is 1. The van der Waals surface area contributed by atoms with Crippen LogP contribution >= 0.6 is 0 Å². The third-order valence-electron chi connectivity index (χ3n) is 4.29. The number of hydrogen-bond acceptors (Lipinski definition) is 6. The Balaban J connectivity index is 2.13. The number of hydroxylamine groups is 1. The summed E-state index contributed by atoms with van der Waals surface area (Å²) in [7, 11) is 0. The fourth-order valence-corrected chi connectivity index (χ4v) is 2.52. The number of halogens is 7. The monoisotopic (exact) mass is 504 g/mol. The van der Waals surface area contributed by atoms with Crippen LogP contribution in [0.15, 0.2) is 65.5 Å². The number of nitrogens with zero attached hydrogens (tertiary/aromatic N) is 3. The van der Waals surface area contributed by atoms with Crippen molar-refractivity contribution in [1.29, 1.82) is 0 Å². The van der Waals surface area contributed by atoms with E-state index < -0.39 is 47.1 Å². The molecule has 0 radical (unpaired) electrons. The molecular weight excluding hydrogens is 493 g/mol. The topological polar surface area (TPSA) is 105 Å². The van der Waals surface area contributed by atoms with Crippen LogP contribution in [0.25, 0.3) is 0 Å². The Kier molecular flexibility index (Phi) is 6.62. The van der Waals surface area contributed by atoms with Gasteiger partial charge >= 0.3 is 29.5 Å². The van der Waals surface area contributed by atoms with E-state index in [-0.39, 0.29) is 16.2 Å². The highest BCUT2D eigenvalue weighted by atomic mass is 19.4. The Labute approximate surface area is 189 Å². The summed E-state index contributed by atoms with van der Waals surface area (Å²) in [5.74, 6) is -19.5. The lowest BCUT2D eigenvalue weighted by atomic mass is 10.1. The molecule has 1 amide bonds. The average molecular weight is 504 g/mol. The van der Waals surface area contributed by atoms with Crippen LogP contribution in [0, 0.1) is 0 Å². The molecule has 0 atom stereocenters. The lowest BCUT2D eigenvalue weighted by Gasteiger charge is -2.27. The van der Waals surface area contributed by atoms with Crippen molar-refractivity contribution in [3.63, 3.8) is 0 Å².